The first-order valence-corrected chi connectivity index (χ1v) is 5.97. The molecule has 1 heterocycles. The van der Waals surface area contributed by atoms with Crippen LogP contribution in [0.1, 0.15) is 29.5 Å². The van der Waals surface area contributed by atoms with Gasteiger partial charge in [-0.25, -0.2) is 0 Å². The molecule has 0 N–H and O–H groups in total. The van der Waals surface area contributed by atoms with Gasteiger partial charge in [-0.15, -0.1) is 0 Å². The first kappa shape index (κ1) is 11.8. The van der Waals surface area contributed by atoms with Crippen LogP contribution in [0.2, 0.25) is 0 Å². The molecule has 1 fully saturated rings. The third-order valence-corrected chi connectivity index (χ3v) is 3.26. The molecule has 17 heavy (non-hydrogen) atoms. The normalized spacial score (nSPS) is 15.8. The Morgan fingerprint density at radius 3 is 2.41 bits per heavy atom. The first-order valence-electron chi connectivity index (χ1n) is 5.97. The highest BCUT2D eigenvalue weighted by atomic mass is 16.2. The van der Waals surface area contributed by atoms with Gasteiger partial charge in [0.15, 0.2) is 0 Å². The van der Waals surface area contributed by atoms with Crippen molar-refractivity contribution in [3.63, 3.8) is 0 Å². The maximum atomic E-state index is 11.5. The summed E-state index contributed by atoms with van der Waals surface area (Å²) in [6, 6.07) is 6.28. The molecule has 0 spiro atoms. The van der Waals surface area contributed by atoms with Crippen molar-refractivity contribution in [3.8, 4) is 0 Å². The number of hydrogen-bond acceptors (Lipinski definition) is 2. The van der Waals surface area contributed by atoms with Crippen LogP contribution in [-0.2, 0) is 16.0 Å². The average molecular weight is 231 g/mol. The molecule has 1 aromatic rings. The lowest BCUT2D eigenvalue weighted by Gasteiger charge is -2.14. The van der Waals surface area contributed by atoms with Gasteiger partial charge in [-0.2, -0.15) is 0 Å². The van der Waals surface area contributed by atoms with Gasteiger partial charge in [0.25, 0.3) is 0 Å². The topological polar surface area (TPSA) is 37.4 Å². The van der Waals surface area contributed by atoms with E-state index in [1.165, 1.54) is 21.6 Å². The molecule has 90 valence electrons. The van der Waals surface area contributed by atoms with Crippen LogP contribution >= 0.6 is 0 Å². The van der Waals surface area contributed by atoms with E-state index in [1.807, 2.05) is 0 Å². The van der Waals surface area contributed by atoms with Gasteiger partial charge in [-0.05, 0) is 31.4 Å². The molecule has 0 saturated carbocycles. The maximum Gasteiger partial charge on any atom is 0.229 e. The van der Waals surface area contributed by atoms with Crippen LogP contribution in [0, 0.1) is 13.8 Å². The summed E-state index contributed by atoms with van der Waals surface area (Å²) in [6.45, 7) is 4.62. The number of carbonyl (C=O) groups is 2. The van der Waals surface area contributed by atoms with Crippen molar-refractivity contribution in [1.29, 1.82) is 0 Å². The van der Waals surface area contributed by atoms with Crippen LogP contribution in [0.25, 0.3) is 0 Å². The Bertz CT molecular complexity index is 449. The minimum atomic E-state index is -0.0275. The predicted molar refractivity (Wildman–Crippen MR) is 65.6 cm³/mol. The van der Waals surface area contributed by atoms with Crippen molar-refractivity contribution in [2.24, 2.45) is 0 Å². The van der Waals surface area contributed by atoms with Crippen LogP contribution in [0.3, 0.4) is 0 Å². The Kier molecular flexibility index (Phi) is 3.27. The summed E-state index contributed by atoms with van der Waals surface area (Å²) in [5.41, 5.74) is 3.65. The van der Waals surface area contributed by atoms with E-state index in [2.05, 4.69) is 32.0 Å². The molecule has 1 aliphatic heterocycles. The van der Waals surface area contributed by atoms with Crippen LogP contribution in [0.4, 0.5) is 0 Å². The zero-order valence-electron chi connectivity index (χ0n) is 10.3. The van der Waals surface area contributed by atoms with Gasteiger partial charge in [0.1, 0.15) is 0 Å². The Morgan fingerprint density at radius 1 is 1.12 bits per heavy atom. The van der Waals surface area contributed by atoms with Gasteiger partial charge in [0, 0.05) is 19.4 Å². The van der Waals surface area contributed by atoms with E-state index >= 15 is 0 Å². The quantitative estimate of drug-likeness (QED) is 0.746. The van der Waals surface area contributed by atoms with E-state index in [9.17, 15) is 9.59 Å². The minimum Gasteiger partial charge on any atom is -0.282 e. The van der Waals surface area contributed by atoms with Gasteiger partial charge in [-0.1, -0.05) is 23.8 Å². The molecule has 0 radical (unpaired) electrons. The molecule has 2 amide bonds. The summed E-state index contributed by atoms with van der Waals surface area (Å²) in [5, 5.41) is 0. The Morgan fingerprint density at radius 2 is 1.76 bits per heavy atom. The molecule has 0 aromatic heterocycles. The monoisotopic (exact) mass is 231 g/mol. The molecule has 3 nitrogen and oxygen atoms in total. The van der Waals surface area contributed by atoms with E-state index in [1.54, 1.807) is 0 Å². The number of hydrogen-bond donors (Lipinski definition) is 0. The van der Waals surface area contributed by atoms with E-state index < -0.39 is 0 Å². The van der Waals surface area contributed by atoms with Gasteiger partial charge < -0.3 is 0 Å². The second-order valence-corrected chi connectivity index (χ2v) is 4.62. The summed E-state index contributed by atoms with van der Waals surface area (Å²) in [7, 11) is 0. The number of benzene rings is 1. The lowest BCUT2D eigenvalue weighted by atomic mass is 10.0. The molecule has 1 saturated heterocycles. The van der Waals surface area contributed by atoms with Crippen LogP contribution in [0.5, 0.6) is 0 Å². The van der Waals surface area contributed by atoms with E-state index in [0.29, 0.717) is 19.4 Å². The summed E-state index contributed by atoms with van der Waals surface area (Å²) in [5.74, 6) is -0.0550. The maximum absolute atomic E-state index is 11.5. The number of likely N-dealkylation sites (tertiary alicyclic amines) is 1. The molecular formula is C14H17NO2. The van der Waals surface area contributed by atoms with Crippen molar-refractivity contribution >= 4 is 11.8 Å². The third-order valence-electron chi connectivity index (χ3n) is 3.26. The van der Waals surface area contributed by atoms with Crippen molar-refractivity contribution < 1.29 is 9.59 Å². The largest absolute Gasteiger partial charge is 0.282 e. The SMILES string of the molecule is Cc1ccc(C)c(CCN2C(=O)CCC2=O)c1. The molecule has 2 rings (SSSR count). The highest BCUT2D eigenvalue weighted by Gasteiger charge is 2.28. The summed E-state index contributed by atoms with van der Waals surface area (Å²) >= 11 is 0. The first-order chi connectivity index (χ1) is 8.08. The number of imide groups is 1. The highest BCUT2D eigenvalue weighted by molar-refractivity contribution is 6.01. The summed E-state index contributed by atoms with van der Waals surface area (Å²) in [6.07, 6.45) is 1.52. The predicted octanol–water partition coefficient (Wildman–Crippen LogP) is 1.99. The van der Waals surface area contributed by atoms with Crippen LogP contribution in [0.15, 0.2) is 18.2 Å². The molecule has 1 aliphatic rings. The zero-order chi connectivity index (χ0) is 12.4. The lowest BCUT2D eigenvalue weighted by Crippen LogP contribution is -2.31. The van der Waals surface area contributed by atoms with E-state index in [4.69, 9.17) is 0 Å². The van der Waals surface area contributed by atoms with E-state index in [-0.39, 0.29) is 11.8 Å². The van der Waals surface area contributed by atoms with Gasteiger partial charge in [0.05, 0.1) is 0 Å². The molecule has 0 atom stereocenters. The highest BCUT2D eigenvalue weighted by Crippen LogP contribution is 2.15. The average Bonchev–Trinajstić information content (AvgIpc) is 2.61. The number of carbonyl (C=O) groups excluding carboxylic acids is 2. The Balaban J connectivity index is 2.04. The van der Waals surface area contributed by atoms with Crippen molar-refractivity contribution in [2.45, 2.75) is 33.1 Å². The van der Waals surface area contributed by atoms with Gasteiger partial charge >= 0.3 is 0 Å². The molecule has 0 unspecified atom stereocenters. The standard InChI is InChI=1S/C14H17NO2/c1-10-3-4-11(2)12(9-10)7-8-15-13(16)5-6-14(15)17/h3-4,9H,5-8H2,1-2H3. The zero-order valence-corrected chi connectivity index (χ0v) is 10.3. The molecule has 0 bridgehead atoms. The van der Waals surface area contributed by atoms with Crippen molar-refractivity contribution in [1.82, 2.24) is 4.90 Å². The molecule has 0 aliphatic carbocycles. The fraction of sp³-hybridized carbons (Fsp3) is 0.429. The van der Waals surface area contributed by atoms with Gasteiger partial charge in [0.2, 0.25) is 11.8 Å². The molecular weight excluding hydrogens is 214 g/mol. The number of amides is 2. The number of aryl methyl sites for hydroxylation is 2. The second kappa shape index (κ2) is 4.70. The Hall–Kier alpha value is -1.64. The minimum absolute atomic E-state index is 0.0275. The van der Waals surface area contributed by atoms with Gasteiger partial charge in [-0.3, -0.25) is 14.5 Å². The molecule has 3 heteroatoms. The van der Waals surface area contributed by atoms with E-state index in [0.717, 1.165) is 6.42 Å². The smallest absolute Gasteiger partial charge is 0.229 e. The summed E-state index contributed by atoms with van der Waals surface area (Å²) in [4.78, 5) is 24.3. The molecule has 1 aromatic carbocycles. The second-order valence-electron chi connectivity index (χ2n) is 4.62. The van der Waals surface area contributed by atoms with Crippen LogP contribution < -0.4 is 0 Å². The number of nitrogens with zero attached hydrogens (tertiary/aromatic N) is 1. The third kappa shape index (κ3) is 2.54. The van der Waals surface area contributed by atoms with Crippen molar-refractivity contribution in [2.75, 3.05) is 6.54 Å². The lowest BCUT2D eigenvalue weighted by molar-refractivity contribution is -0.138. The van der Waals surface area contributed by atoms with Crippen molar-refractivity contribution in [3.05, 3.63) is 34.9 Å². The summed E-state index contributed by atoms with van der Waals surface area (Å²) < 4.78 is 0. The Labute approximate surface area is 101 Å². The fourth-order valence-electron chi connectivity index (χ4n) is 2.17. The fourth-order valence-corrected chi connectivity index (χ4v) is 2.17. The number of rotatable bonds is 3. The van der Waals surface area contributed by atoms with Crippen LogP contribution in [-0.4, -0.2) is 23.3 Å².